The van der Waals surface area contributed by atoms with E-state index in [1.165, 1.54) is 11.8 Å². The number of nitrogens with zero attached hydrogens (tertiary/aromatic N) is 5. The first-order valence-electron chi connectivity index (χ1n) is 7.41. The predicted molar refractivity (Wildman–Crippen MR) is 90.6 cm³/mol. The number of anilines is 1. The molecule has 2 aromatic heterocycles. The molecule has 23 heavy (non-hydrogen) atoms. The van der Waals surface area contributed by atoms with E-state index in [9.17, 15) is 4.79 Å². The van der Waals surface area contributed by atoms with Gasteiger partial charge in [0.1, 0.15) is 5.76 Å². The number of carbonyl (C=O) groups excluding carboxylic acids is 1. The summed E-state index contributed by atoms with van der Waals surface area (Å²) in [5.74, 6) is 1.90. The van der Waals surface area contributed by atoms with E-state index >= 15 is 0 Å². The summed E-state index contributed by atoms with van der Waals surface area (Å²) in [6.07, 6.45) is 1.61. The van der Waals surface area contributed by atoms with Gasteiger partial charge in [0.2, 0.25) is 11.9 Å². The average molecular weight is 337 g/mol. The van der Waals surface area contributed by atoms with Gasteiger partial charge in [-0.1, -0.05) is 11.8 Å². The molecule has 0 aliphatic carbocycles. The molecule has 0 aliphatic heterocycles. The van der Waals surface area contributed by atoms with Crippen molar-refractivity contribution < 1.29 is 9.21 Å². The third-order valence-electron chi connectivity index (χ3n) is 3.29. The summed E-state index contributed by atoms with van der Waals surface area (Å²) >= 11 is 1.40. The van der Waals surface area contributed by atoms with Crippen LogP contribution in [0, 0.1) is 0 Å². The van der Waals surface area contributed by atoms with Crippen molar-refractivity contribution in [2.75, 3.05) is 31.8 Å². The fourth-order valence-electron chi connectivity index (χ4n) is 2.09. The smallest absolute Gasteiger partial charge is 0.233 e. The van der Waals surface area contributed by atoms with Crippen LogP contribution < -0.4 is 4.90 Å². The highest BCUT2D eigenvalue weighted by molar-refractivity contribution is 7.99. The second kappa shape index (κ2) is 7.54. The van der Waals surface area contributed by atoms with Crippen LogP contribution in [0.5, 0.6) is 0 Å². The highest BCUT2D eigenvalue weighted by Crippen LogP contribution is 2.25. The summed E-state index contributed by atoms with van der Waals surface area (Å²) in [4.78, 5) is 15.8. The topological polar surface area (TPSA) is 67.4 Å². The van der Waals surface area contributed by atoms with Crippen LogP contribution in [0.25, 0.3) is 0 Å². The number of rotatable bonds is 7. The number of thioether (sulfide) groups is 1. The summed E-state index contributed by atoms with van der Waals surface area (Å²) in [7, 11) is 5.63. The quantitative estimate of drug-likeness (QED) is 0.722. The van der Waals surface area contributed by atoms with Crippen LogP contribution in [0.3, 0.4) is 0 Å². The average Bonchev–Trinajstić information content (AvgIpc) is 3.13. The molecule has 0 saturated heterocycles. The van der Waals surface area contributed by atoms with E-state index in [2.05, 4.69) is 24.0 Å². The van der Waals surface area contributed by atoms with Gasteiger partial charge in [0.05, 0.1) is 18.6 Å². The van der Waals surface area contributed by atoms with Gasteiger partial charge in [0.15, 0.2) is 5.16 Å². The summed E-state index contributed by atoms with van der Waals surface area (Å²) in [5.41, 5.74) is 0. The molecule has 0 radical (unpaired) electrons. The Hall–Kier alpha value is -1.96. The largest absolute Gasteiger partial charge is 0.467 e. The molecule has 0 aromatic carbocycles. The van der Waals surface area contributed by atoms with Crippen LogP contribution >= 0.6 is 11.8 Å². The molecule has 0 spiro atoms. The molecule has 0 saturated carbocycles. The summed E-state index contributed by atoms with van der Waals surface area (Å²) in [6.45, 7) is 4.61. The minimum Gasteiger partial charge on any atom is -0.467 e. The lowest BCUT2D eigenvalue weighted by molar-refractivity contribution is -0.127. The number of hydrogen-bond acceptors (Lipinski definition) is 6. The Morgan fingerprint density at radius 1 is 1.35 bits per heavy atom. The number of furan rings is 1. The SMILES string of the molecule is CC(C)n1c(SCC(=O)N(C)Cc2ccco2)nnc1N(C)C. The summed E-state index contributed by atoms with van der Waals surface area (Å²) in [6, 6.07) is 3.90. The van der Waals surface area contributed by atoms with Gasteiger partial charge in [-0.05, 0) is 26.0 Å². The molecular formula is C15H23N5O2S. The highest BCUT2D eigenvalue weighted by Gasteiger charge is 2.19. The fourth-order valence-corrected chi connectivity index (χ4v) is 3.09. The van der Waals surface area contributed by atoms with Gasteiger partial charge in [-0.15, -0.1) is 10.2 Å². The number of carbonyl (C=O) groups is 1. The monoisotopic (exact) mass is 337 g/mol. The normalized spacial score (nSPS) is 11.0. The van der Waals surface area contributed by atoms with Crippen molar-refractivity contribution in [3.05, 3.63) is 24.2 Å². The zero-order valence-electron chi connectivity index (χ0n) is 14.2. The maximum atomic E-state index is 12.3. The van der Waals surface area contributed by atoms with Gasteiger partial charge in [0.25, 0.3) is 0 Å². The molecule has 8 heteroatoms. The molecule has 126 valence electrons. The van der Waals surface area contributed by atoms with Crippen molar-refractivity contribution >= 4 is 23.6 Å². The van der Waals surface area contributed by atoms with Crippen molar-refractivity contribution in [2.45, 2.75) is 31.6 Å². The Bertz CT molecular complexity index is 636. The van der Waals surface area contributed by atoms with Gasteiger partial charge in [-0.25, -0.2) is 0 Å². The number of hydrogen-bond donors (Lipinski definition) is 0. The predicted octanol–water partition coefficient (Wildman–Crippen LogP) is 2.27. The first-order chi connectivity index (χ1) is 10.9. The number of amides is 1. The van der Waals surface area contributed by atoms with E-state index in [4.69, 9.17) is 4.42 Å². The van der Waals surface area contributed by atoms with Crippen molar-refractivity contribution in [1.82, 2.24) is 19.7 Å². The zero-order chi connectivity index (χ0) is 17.0. The minimum atomic E-state index is 0.0242. The van der Waals surface area contributed by atoms with Gasteiger partial charge in [0, 0.05) is 27.2 Å². The standard InChI is InChI=1S/C15H23N5O2S/c1-11(2)20-14(18(3)4)16-17-15(20)23-10-13(21)19(5)9-12-7-6-8-22-12/h6-8,11H,9-10H2,1-5H3. The third-order valence-corrected chi connectivity index (χ3v) is 4.21. The Balaban J connectivity index is 1.98. The fraction of sp³-hybridized carbons (Fsp3) is 0.533. The Labute approximate surface area is 140 Å². The van der Waals surface area contributed by atoms with Gasteiger partial charge < -0.3 is 14.2 Å². The van der Waals surface area contributed by atoms with Crippen LogP contribution in [0.2, 0.25) is 0 Å². The molecule has 2 rings (SSSR count). The molecule has 2 aromatic rings. The molecule has 7 nitrogen and oxygen atoms in total. The summed E-state index contributed by atoms with van der Waals surface area (Å²) in [5, 5.41) is 9.16. The molecule has 0 fully saturated rings. The van der Waals surface area contributed by atoms with E-state index in [1.807, 2.05) is 35.7 Å². The van der Waals surface area contributed by atoms with E-state index in [0.29, 0.717) is 12.3 Å². The van der Waals surface area contributed by atoms with Crippen LogP contribution in [-0.4, -0.2) is 52.5 Å². The molecule has 0 unspecified atom stereocenters. The first-order valence-corrected chi connectivity index (χ1v) is 8.40. The lowest BCUT2D eigenvalue weighted by Crippen LogP contribution is -2.27. The third kappa shape index (κ3) is 4.28. The zero-order valence-corrected chi connectivity index (χ0v) is 15.0. The second-order valence-electron chi connectivity index (χ2n) is 5.76. The first kappa shape index (κ1) is 17.4. The van der Waals surface area contributed by atoms with Crippen molar-refractivity contribution in [2.24, 2.45) is 0 Å². The van der Waals surface area contributed by atoms with Crippen molar-refractivity contribution in [3.8, 4) is 0 Å². The van der Waals surface area contributed by atoms with E-state index in [0.717, 1.165) is 16.9 Å². The maximum Gasteiger partial charge on any atom is 0.233 e. The molecule has 0 atom stereocenters. The van der Waals surface area contributed by atoms with Crippen LogP contribution in [-0.2, 0) is 11.3 Å². The summed E-state index contributed by atoms with van der Waals surface area (Å²) < 4.78 is 7.30. The molecule has 0 N–H and O–H groups in total. The van der Waals surface area contributed by atoms with E-state index in [-0.39, 0.29) is 11.9 Å². The molecule has 0 bridgehead atoms. The second-order valence-corrected chi connectivity index (χ2v) is 6.70. The molecule has 2 heterocycles. The van der Waals surface area contributed by atoms with Crippen molar-refractivity contribution in [3.63, 3.8) is 0 Å². The van der Waals surface area contributed by atoms with Gasteiger partial charge in [-0.2, -0.15) is 0 Å². The molecular weight excluding hydrogens is 314 g/mol. The Morgan fingerprint density at radius 3 is 2.65 bits per heavy atom. The van der Waals surface area contributed by atoms with Crippen molar-refractivity contribution in [1.29, 1.82) is 0 Å². The van der Waals surface area contributed by atoms with Crippen LogP contribution in [0.4, 0.5) is 5.95 Å². The lowest BCUT2D eigenvalue weighted by atomic mass is 10.4. The maximum absolute atomic E-state index is 12.3. The van der Waals surface area contributed by atoms with E-state index < -0.39 is 0 Å². The molecule has 0 aliphatic rings. The van der Waals surface area contributed by atoms with Gasteiger partial charge >= 0.3 is 0 Å². The number of aromatic nitrogens is 3. The van der Waals surface area contributed by atoms with Gasteiger partial charge in [-0.3, -0.25) is 9.36 Å². The highest BCUT2D eigenvalue weighted by atomic mass is 32.2. The van der Waals surface area contributed by atoms with Crippen LogP contribution in [0.1, 0.15) is 25.6 Å². The minimum absolute atomic E-state index is 0.0242. The van der Waals surface area contributed by atoms with Crippen LogP contribution in [0.15, 0.2) is 28.0 Å². The van der Waals surface area contributed by atoms with E-state index in [1.54, 1.807) is 18.2 Å². The Kier molecular flexibility index (Phi) is 5.70. The Morgan fingerprint density at radius 2 is 2.09 bits per heavy atom. The molecule has 1 amide bonds. The lowest BCUT2D eigenvalue weighted by Gasteiger charge is -2.18.